The number of aromatic nitrogens is 2. The molecular weight excluding hydrogens is 440 g/mol. The molecule has 7 nitrogen and oxygen atoms in total. The Balaban J connectivity index is 1.54. The largest absolute Gasteiger partial charge is 0.507 e. The van der Waals surface area contributed by atoms with Crippen molar-refractivity contribution in [2.45, 2.75) is 31.8 Å². The van der Waals surface area contributed by atoms with Crippen LogP contribution in [0.4, 0.5) is 5.69 Å². The van der Waals surface area contributed by atoms with Crippen molar-refractivity contribution in [2.75, 3.05) is 18.5 Å². The molecule has 1 saturated heterocycles. The van der Waals surface area contributed by atoms with Crippen molar-refractivity contribution in [3.8, 4) is 28.8 Å². The summed E-state index contributed by atoms with van der Waals surface area (Å²) in [5.41, 5.74) is 3.04. The third-order valence-electron chi connectivity index (χ3n) is 5.43. The normalized spacial score (nSPS) is 15.5. The molecule has 0 spiro atoms. The summed E-state index contributed by atoms with van der Waals surface area (Å²) in [5.74, 6) is 6.23. The Hall–Kier alpha value is -3.31. The van der Waals surface area contributed by atoms with Crippen LogP contribution < -0.4 is 10.6 Å². The first-order valence-corrected chi connectivity index (χ1v) is 11.2. The van der Waals surface area contributed by atoms with Crippen LogP contribution in [0.1, 0.15) is 30.4 Å². The monoisotopic (exact) mass is 464 g/mol. The topological polar surface area (TPSA) is 99.4 Å². The van der Waals surface area contributed by atoms with E-state index in [-0.39, 0.29) is 24.3 Å². The maximum Gasteiger partial charge on any atom is 0.241 e. The van der Waals surface area contributed by atoms with E-state index in [1.165, 1.54) is 6.07 Å². The molecule has 4 rings (SSSR count). The maximum atomic E-state index is 12.4. The Kier molecular flexibility index (Phi) is 7.30. The predicted octanol–water partition coefficient (Wildman–Crippen LogP) is 3.38. The van der Waals surface area contributed by atoms with Gasteiger partial charge in [-0.3, -0.25) is 9.48 Å². The highest BCUT2D eigenvalue weighted by Crippen LogP contribution is 2.32. The summed E-state index contributed by atoms with van der Waals surface area (Å²) >= 11 is 6.10. The van der Waals surface area contributed by atoms with Crippen LogP contribution in [-0.2, 0) is 11.3 Å². The summed E-state index contributed by atoms with van der Waals surface area (Å²) in [5, 5.41) is 30.7. The molecule has 33 heavy (non-hydrogen) atoms. The van der Waals surface area contributed by atoms with Gasteiger partial charge in [0.1, 0.15) is 11.4 Å². The van der Waals surface area contributed by atoms with Crippen molar-refractivity contribution >= 4 is 23.2 Å². The van der Waals surface area contributed by atoms with Crippen molar-refractivity contribution in [1.82, 2.24) is 15.1 Å². The van der Waals surface area contributed by atoms with Crippen LogP contribution in [0.15, 0.2) is 48.7 Å². The quantitative estimate of drug-likeness (QED) is 0.434. The number of carbonyl (C=O) groups is 1. The number of rotatable bonds is 5. The number of piperidine rings is 1. The first-order valence-electron chi connectivity index (χ1n) is 10.9. The zero-order valence-corrected chi connectivity index (χ0v) is 18.8. The van der Waals surface area contributed by atoms with Gasteiger partial charge in [-0.25, -0.2) is 0 Å². The Morgan fingerprint density at radius 3 is 2.76 bits per heavy atom. The summed E-state index contributed by atoms with van der Waals surface area (Å²) in [6.07, 6.45) is 4.74. The number of phenolic OH excluding ortho intramolecular Hbond substituents is 1. The van der Waals surface area contributed by atoms with Gasteiger partial charge >= 0.3 is 0 Å². The zero-order chi connectivity index (χ0) is 23.2. The number of benzene rings is 2. The first kappa shape index (κ1) is 22.9. The lowest BCUT2D eigenvalue weighted by Crippen LogP contribution is -2.43. The third-order valence-corrected chi connectivity index (χ3v) is 5.66. The molecule has 0 unspecified atom stereocenters. The Bertz CT molecular complexity index is 1190. The van der Waals surface area contributed by atoms with Gasteiger partial charge in [0.05, 0.1) is 24.8 Å². The zero-order valence-electron chi connectivity index (χ0n) is 18.0. The second-order valence-corrected chi connectivity index (χ2v) is 8.30. The number of halogens is 1. The Morgan fingerprint density at radius 2 is 2.03 bits per heavy atom. The van der Waals surface area contributed by atoms with E-state index in [1.54, 1.807) is 23.0 Å². The van der Waals surface area contributed by atoms with Crippen molar-refractivity contribution in [1.29, 1.82) is 0 Å². The molecule has 8 heteroatoms. The molecule has 170 valence electrons. The van der Waals surface area contributed by atoms with Crippen LogP contribution >= 0.6 is 11.6 Å². The number of amides is 1. The number of aromatic hydroxyl groups is 1. The van der Waals surface area contributed by atoms with E-state index in [9.17, 15) is 15.0 Å². The molecular formula is C25H25ClN4O3. The van der Waals surface area contributed by atoms with Crippen LogP contribution in [0.3, 0.4) is 0 Å². The van der Waals surface area contributed by atoms with Crippen LogP contribution in [-0.4, -0.2) is 45.1 Å². The predicted molar refractivity (Wildman–Crippen MR) is 128 cm³/mol. The number of carbonyl (C=O) groups excluding carboxylic acids is 1. The molecule has 2 heterocycles. The van der Waals surface area contributed by atoms with Crippen LogP contribution in [0, 0.1) is 11.8 Å². The minimum absolute atomic E-state index is 0.0178. The average Bonchev–Trinajstić information content (AvgIpc) is 3.23. The van der Waals surface area contributed by atoms with E-state index >= 15 is 0 Å². The van der Waals surface area contributed by atoms with Gasteiger partial charge in [0.15, 0.2) is 0 Å². The van der Waals surface area contributed by atoms with Gasteiger partial charge in [-0.15, -0.1) is 0 Å². The SMILES string of the molecule is O=C(Nc1ccc(C#Cc2cn(CCO)nc2-c2cc(Cl)ccc2O)cc1)[C@H]1CCCCN1. The number of hydrogen-bond donors (Lipinski definition) is 4. The molecule has 1 atom stereocenters. The maximum absolute atomic E-state index is 12.4. The summed E-state index contributed by atoms with van der Waals surface area (Å²) in [6, 6.07) is 11.9. The molecule has 2 aromatic carbocycles. The fraction of sp³-hybridized carbons (Fsp3) is 0.280. The lowest BCUT2D eigenvalue weighted by Gasteiger charge is -2.22. The highest BCUT2D eigenvalue weighted by molar-refractivity contribution is 6.31. The first-order chi connectivity index (χ1) is 16.0. The number of nitrogens with one attached hydrogen (secondary N) is 2. The minimum atomic E-state index is -0.144. The highest BCUT2D eigenvalue weighted by Gasteiger charge is 2.20. The van der Waals surface area contributed by atoms with Gasteiger partial charge in [-0.2, -0.15) is 5.10 Å². The van der Waals surface area contributed by atoms with Crippen molar-refractivity contribution < 1.29 is 15.0 Å². The van der Waals surface area contributed by atoms with E-state index in [4.69, 9.17) is 11.6 Å². The molecule has 0 radical (unpaired) electrons. The summed E-state index contributed by atoms with van der Waals surface area (Å²) in [4.78, 5) is 12.4. The van der Waals surface area contributed by atoms with Gasteiger partial charge in [-0.05, 0) is 61.9 Å². The van der Waals surface area contributed by atoms with Gasteiger partial charge in [-0.1, -0.05) is 29.9 Å². The van der Waals surface area contributed by atoms with E-state index < -0.39 is 0 Å². The molecule has 1 amide bonds. The van der Waals surface area contributed by atoms with Crippen LogP contribution in [0.25, 0.3) is 11.3 Å². The van der Waals surface area contributed by atoms with Gasteiger partial charge in [0.25, 0.3) is 0 Å². The minimum Gasteiger partial charge on any atom is -0.507 e. The highest BCUT2D eigenvalue weighted by atomic mass is 35.5. The molecule has 4 N–H and O–H groups in total. The van der Waals surface area contributed by atoms with Crippen LogP contribution in [0.5, 0.6) is 5.75 Å². The van der Waals surface area contributed by atoms with Crippen molar-refractivity contribution in [2.24, 2.45) is 0 Å². The van der Waals surface area contributed by atoms with Gasteiger partial charge < -0.3 is 20.8 Å². The Labute approximate surface area is 197 Å². The lowest BCUT2D eigenvalue weighted by atomic mass is 10.0. The van der Waals surface area contributed by atoms with Crippen molar-refractivity contribution in [3.63, 3.8) is 0 Å². The number of nitrogens with zero attached hydrogens (tertiary/aromatic N) is 2. The fourth-order valence-electron chi connectivity index (χ4n) is 3.71. The van der Waals surface area contributed by atoms with Gasteiger partial charge in [0.2, 0.25) is 5.91 Å². The summed E-state index contributed by atoms with van der Waals surface area (Å²) in [7, 11) is 0. The van der Waals surface area contributed by atoms with Crippen molar-refractivity contribution in [3.05, 3.63) is 64.8 Å². The fourth-order valence-corrected chi connectivity index (χ4v) is 3.88. The van der Waals surface area contributed by atoms with E-state index in [2.05, 4.69) is 27.6 Å². The number of aliphatic hydroxyl groups excluding tert-OH is 1. The average molecular weight is 465 g/mol. The van der Waals surface area contributed by atoms with Crippen LogP contribution in [0.2, 0.25) is 5.02 Å². The molecule has 0 saturated carbocycles. The molecule has 0 aliphatic carbocycles. The van der Waals surface area contributed by atoms with E-state index in [0.717, 1.165) is 37.1 Å². The third kappa shape index (κ3) is 5.74. The molecule has 0 bridgehead atoms. The Morgan fingerprint density at radius 1 is 1.21 bits per heavy atom. The molecule has 1 fully saturated rings. The number of aliphatic hydroxyl groups is 1. The smallest absolute Gasteiger partial charge is 0.241 e. The molecule has 3 aromatic rings. The van der Waals surface area contributed by atoms with E-state index in [1.807, 2.05) is 24.3 Å². The molecule has 1 aliphatic heterocycles. The standard InChI is InChI=1S/C25H25ClN4O3/c26-19-8-11-23(32)21(15-19)24-18(16-30(29-24)13-14-31)7-4-17-5-9-20(10-6-17)28-25(33)22-3-1-2-12-27-22/h5-6,8-11,15-16,22,27,31-32H,1-3,12-14H2,(H,28,33)/t22-/m1/s1. The number of anilines is 1. The second-order valence-electron chi connectivity index (χ2n) is 7.86. The second kappa shape index (κ2) is 10.5. The molecule has 1 aromatic heterocycles. The summed E-state index contributed by atoms with van der Waals surface area (Å²) < 4.78 is 1.58. The number of hydrogen-bond acceptors (Lipinski definition) is 5. The number of phenols is 1. The summed E-state index contributed by atoms with van der Waals surface area (Å²) in [6.45, 7) is 1.11. The molecule has 1 aliphatic rings. The van der Waals surface area contributed by atoms with E-state index in [0.29, 0.717) is 28.4 Å². The lowest BCUT2D eigenvalue weighted by molar-refractivity contribution is -0.118. The van der Waals surface area contributed by atoms with Gasteiger partial charge in [0, 0.05) is 28.0 Å².